The molecule has 0 spiro atoms. The van der Waals surface area contributed by atoms with Crippen molar-refractivity contribution in [2.45, 2.75) is 25.4 Å². The lowest BCUT2D eigenvalue weighted by Gasteiger charge is -2.15. The first-order chi connectivity index (χ1) is 9.77. The SMILES string of the molecule is NCCC1(CNC(=O)c2ccc(F)c(C(F)(F)F)c2)CC1. The van der Waals surface area contributed by atoms with Gasteiger partial charge < -0.3 is 11.1 Å². The van der Waals surface area contributed by atoms with Crippen LogP contribution < -0.4 is 11.1 Å². The second-order valence-electron chi connectivity index (χ2n) is 5.41. The Balaban J connectivity index is 2.06. The Bertz CT molecular complexity index is 538. The first-order valence-corrected chi connectivity index (χ1v) is 6.62. The highest BCUT2D eigenvalue weighted by atomic mass is 19.4. The molecule has 1 aromatic rings. The van der Waals surface area contributed by atoms with Gasteiger partial charge in [0, 0.05) is 12.1 Å². The summed E-state index contributed by atoms with van der Waals surface area (Å²) in [6.07, 6.45) is -2.16. The molecular formula is C14H16F4N2O. The van der Waals surface area contributed by atoms with Crippen LogP contribution in [0.1, 0.15) is 35.2 Å². The summed E-state index contributed by atoms with van der Waals surface area (Å²) in [5, 5.41) is 2.60. The molecule has 0 heterocycles. The van der Waals surface area contributed by atoms with Crippen LogP contribution in [0.3, 0.4) is 0 Å². The number of alkyl halides is 3. The summed E-state index contributed by atoms with van der Waals surface area (Å²) in [6.45, 7) is 0.881. The fourth-order valence-electron chi connectivity index (χ4n) is 2.25. The van der Waals surface area contributed by atoms with Crippen molar-refractivity contribution in [1.82, 2.24) is 5.32 Å². The number of nitrogens with one attached hydrogen (secondary N) is 1. The Hall–Kier alpha value is -1.63. The maximum absolute atomic E-state index is 13.1. The van der Waals surface area contributed by atoms with Crippen molar-refractivity contribution < 1.29 is 22.4 Å². The van der Waals surface area contributed by atoms with E-state index in [1.165, 1.54) is 0 Å². The van der Waals surface area contributed by atoms with Crippen molar-refractivity contribution in [3.63, 3.8) is 0 Å². The minimum Gasteiger partial charge on any atom is -0.351 e. The van der Waals surface area contributed by atoms with Gasteiger partial charge in [0.1, 0.15) is 5.82 Å². The molecular weight excluding hydrogens is 288 g/mol. The number of hydrogen-bond acceptors (Lipinski definition) is 2. The van der Waals surface area contributed by atoms with Crippen LogP contribution in [0.2, 0.25) is 0 Å². The zero-order valence-corrected chi connectivity index (χ0v) is 11.3. The third-order valence-electron chi connectivity index (χ3n) is 3.79. The fraction of sp³-hybridized carbons (Fsp3) is 0.500. The molecule has 1 aliphatic rings. The van der Waals surface area contributed by atoms with Crippen molar-refractivity contribution in [3.8, 4) is 0 Å². The Morgan fingerprint density at radius 2 is 2.00 bits per heavy atom. The van der Waals surface area contributed by atoms with Gasteiger partial charge in [-0.1, -0.05) is 0 Å². The summed E-state index contributed by atoms with van der Waals surface area (Å²) in [7, 11) is 0. The smallest absolute Gasteiger partial charge is 0.351 e. The number of halogens is 4. The number of rotatable bonds is 5. The molecule has 0 unspecified atom stereocenters. The van der Waals surface area contributed by atoms with Crippen molar-refractivity contribution in [3.05, 3.63) is 35.1 Å². The van der Waals surface area contributed by atoms with E-state index in [1.54, 1.807) is 0 Å². The van der Waals surface area contributed by atoms with Crippen LogP contribution in [0.4, 0.5) is 17.6 Å². The van der Waals surface area contributed by atoms with Gasteiger partial charge in [-0.05, 0) is 49.4 Å². The largest absolute Gasteiger partial charge is 0.419 e. The van der Waals surface area contributed by atoms with Gasteiger partial charge in [0.25, 0.3) is 5.91 Å². The van der Waals surface area contributed by atoms with Crippen molar-refractivity contribution in [2.75, 3.05) is 13.1 Å². The van der Waals surface area contributed by atoms with Gasteiger partial charge in [0.05, 0.1) is 5.56 Å². The van der Waals surface area contributed by atoms with Gasteiger partial charge in [-0.25, -0.2) is 4.39 Å². The van der Waals surface area contributed by atoms with Crippen molar-refractivity contribution in [1.29, 1.82) is 0 Å². The molecule has 1 saturated carbocycles. The summed E-state index contributed by atoms with van der Waals surface area (Å²) in [5.41, 5.74) is 3.83. The van der Waals surface area contributed by atoms with Gasteiger partial charge in [0.15, 0.2) is 0 Å². The molecule has 0 radical (unpaired) electrons. The molecule has 116 valence electrons. The molecule has 0 atom stereocenters. The third kappa shape index (κ3) is 3.72. The summed E-state index contributed by atoms with van der Waals surface area (Å²) >= 11 is 0. The van der Waals surface area contributed by atoms with E-state index >= 15 is 0 Å². The molecule has 1 fully saturated rings. The van der Waals surface area contributed by atoms with E-state index in [-0.39, 0.29) is 11.0 Å². The minimum absolute atomic E-state index is 0.0166. The predicted octanol–water partition coefficient (Wildman–Crippen LogP) is 2.70. The van der Waals surface area contributed by atoms with E-state index in [0.29, 0.717) is 25.2 Å². The van der Waals surface area contributed by atoms with Crippen LogP contribution >= 0.6 is 0 Å². The molecule has 0 aliphatic heterocycles. The first kappa shape index (κ1) is 15.8. The van der Waals surface area contributed by atoms with E-state index in [4.69, 9.17) is 5.73 Å². The normalized spacial score (nSPS) is 16.6. The third-order valence-corrected chi connectivity index (χ3v) is 3.79. The standard InChI is InChI=1S/C14H16F4N2O/c15-11-2-1-9(7-10(11)14(16,17)18)12(21)20-8-13(3-4-13)5-6-19/h1-2,7H,3-6,8,19H2,(H,20,21). The predicted molar refractivity (Wildman–Crippen MR) is 69.1 cm³/mol. The Morgan fingerprint density at radius 3 is 2.52 bits per heavy atom. The molecule has 3 N–H and O–H groups in total. The molecule has 2 rings (SSSR count). The quantitative estimate of drug-likeness (QED) is 0.822. The number of nitrogens with two attached hydrogens (primary N) is 1. The summed E-state index contributed by atoms with van der Waals surface area (Å²) in [6, 6.07) is 2.24. The monoisotopic (exact) mass is 304 g/mol. The van der Waals surface area contributed by atoms with E-state index < -0.39 is 23.5 Å². The molecule has 0 bridgehead atoms. The Labute approximate surface area is 119 Å². The van der Waals surface area contributed by atoms with Crippen LogP contribution in [0.25, 0.3) is 0 Å². The molecule has 3 nitrogen and oxygen atoms in total. The van der Waals surface area contributed by atoms with Crippen molar-refractivity contribution in [2.24, 2.45) is 11.1 Å². The average Bonchev–Trinajstić information content (AvgIpc) is 3.16. The highest BCUT2D eigenvalue weighted by molar-refractivity contribution is 5.94. The van der Waals surface area contributed by atoms with Crippen LogP contribution in [-0.2, 0) is 6.18 Å². The lowest BCUT2D eigenvalue weighted by atomic mass is 10.0. The molecule has 0 saturated heterocycles. The lowest BCUT2D eigenvalue weighted by Crippen LogP contribution is -2.31. The highest BCUT2D eigenvalue weighted by Crippen LogP contribution is 2.47. The van der Waals surface area contributed by atoms with E-state index in [0.717, 1.165) is 25.3 Å². The Morgan fingerprint density at radius 1 is 1.33 bits per heavy atom. The number of carbonyl (C=O) groups is 1. The van der Waals surface area contributed by atoms with E-state index in [1.807, 2.05) is 0 Å². The molecule has 1 aliphatic carbocycles. The molecule has 21 heavy (non-hydrogen) atoms. The van der Waals surface area contributed by atoms with Gasteiger partial charge in [-0.3, -0.25) is 4.79 Å². The fourth-order valence-corrected chi connectivity index (χ4v) is 2.25. The molecule has 7 heteroatoms. The summed E-state index contributed by atoms with van der Waals surface area (Å²) in [5.74, 6) is -2.02. The zero-order chi connectivity index (χ0) is 15.7. The van der Waals surface area contributed by atoms with Gasteiger partial charge in [0.2, 0.25) is 0 Å². The number of hydrogen-bond donors (Lipinski definition) is 2. The van der Waals surface area contributed by atoms with Crippen LogP contribution in [0.15, 0.2) is 18.2 Å². The molecule has 1 amide bonds. The maximum atomic E-state index is 13.1. The number of carbonyl (C=O) groups excluding carboxylic acids is 1. The molecule has 0 aromatic heterocycles. The average molecular weight is 304 g/mol. The highest BCUT2D eigenvalue weighted by Gasteiger charge is 2.41. The summed E-state index contributed by atoms with van der Waals surface area (Å²) in [4.78, 5) is 11.9. The number of benzene rings is 1. The van der Waals surface area contributed by atoms with Crippen LogP contribution in [0.5, 0.6) is 0 Å². The summed E-state index contributed by atoms with van der Waals surface area (Å²) < 4.78 is 50.9. The first-order valence-electron chi connectivity index (χ1n) is 6.62. The maximum Gasteiger partial charge on any atom is 0.419 e. The minimum atomic E-state index is -4.82. The number of amides is 1. The van der Waals surface area contributed by atoms with Gasteiger partial charge in [-0.15, -0.1) is 0 Å². The lowest BCUT2D eigenvalue weighted by molar-refractivity contribution is -0.140. The van der Waals surface area contributed by atoms with Crippen molar-refractivity contribution >= 4 is 5.91 Å². The van der Waals surface area contributed by atoms with Gasteiger partial charge >= 0.3 is 6.18 Å². The zero-order valence-electron chi connectivity index (χ0n) is 11.3. The van der Waals surface area contributed by atoms with Gasteiger partial charge in [-0.2, -0.15) is 13.2 Å². The van der Waals surface area contributed by atoms with E-state index in [2.05, 4.69) is 5.32 Å². The second-order valence-corrected chi connectivity index (χ2v) is 5.41. The Kier molecular flexibility index (Phi) is 4.22. The van der Waals surface area contributed by atoms with Crippen LogP contribution in [0, 0.1) is 11.2 Å². The van der Waals surface area contributed by atoms with E-state index in [9.17, 15) is 22.4 Å². The van der Waals surface area contributed by atoms with Crippen LogP contribution in [-0.4, -0.2) is 19.0 Å². The second kappa shape index (κ2) is 5.63. The molecule has 1 aromatic carbocycles. The topological polar surface area (TPSA) is 55.1 Å².